The van der Waals surface area contributed by atoms with Gasteiger partial charge in [-0.15, -0.1) is 24.8 Å². The highest BCUT2D eigenvalue weighted by Crippen LogP contribution is 2.27. The second-order valence-electron chi connectivity index (χ2n) is 6.36. The topological polar surface area (TPSA) is 58.4 Å². The third-order valence-corrected chi connectivity index (χ3v) is 4.89. The average Bonchev–Trinajstić information content (AvgIpc) is 2.86. The van der Waals surface area contributed by atoms with Crippen LogP contribution in [0.5, 0.6) is 0 Å². The molecule has 3 atom stereocenters. The highest BCUT2D eigenvalue weighted by Gasteiger charge is 2.26. The Morgan fingerprint density at radius 1 is 1.33 bits per heavy atom. The summed E-state index contributed by atoms with van der Waals surface area (Å²) < 4.78 is 0. The first kappa shape index (κ1) is 23.5. The highest BCUT2D eigenvalue weighted by atomic mass is 35.5. The van der Waals surface area contributed by atoms with E-state index in [-0.39, 0.29) is 42.8 Å². The van der Waals surface area contributed by atoms with E-state index in [0.29, 0.717) is 18.9 Å². The lowest BCUT2D eigenvalue weighted by Crippen LogP contribution is -2.37. The molecule has 2 rings (SSSR count). The second kappa shape index (κ2) is 11.2. The second-order valence-corrected chi connectivity index (χ2v) is 6.77. The molecular weight excluding hydrogens is 369 g/mol. The minimum Gasteiger partial charge on any atom is -0.354 e. The summed E-state index contributed by atoms with van der Waals surface area (Å²) in [7, 11) is 3.99. The number of likely N-dealkylation sites (N-methyl/N-ethyl adjacent to an activating group) is 1. The number of amides is 1. The van der Waals surface area contributed by atoms with Crippen LogP contribution < -0.4 is 11.1 Å². The fourth-order valence-electron chi connectivity index (χ4n) is 3.16. The van der Waals surface area contributed by atoms with Crippen molar-refractivity contribution in [1.82, 2.24) is 10.2 Å². The molecule has 0 bridgehead atoms. The Morgan fingerprint density at radius 3 is 2.54 bits per heavy atom. The minimum absolute atomic E-state index is 0. The lowest BCUT2D eigenvalue weighted by Gasteiger charge is -2.26. The molecule has 0 aliphatic heterocycles. The SMILES string of the molecule is CN(C)C(CNC(=O)C[C@@H]1CCC[C@H]1N)c1ccccc1Cl.Cl.Cl. The maximum Gasteiger partial charge on any atom is 0.220 e. The number of benzene rings is 1. The third kappa shape index (κ3) is 6.41. The molecule has 1 fully saturated rings. The summed E-state index contributed by atoms with van der Waals surface area (Å²) in [6, 6.07) is 8.02. The zero-order chi connectivity index (χ0) is 16.1. The minimum atomic E-state index is 0. The normalized spacial score (nSPS) is 20.9. The molecule has 0 saturated heterocycles. The molecule has 1 aliphatic carbocycles. The largest absolute Gasteiger partial charge is 0.354 e. The molecule has 1 saturated carbocycles. The van der Waals surface area contributed by atoms with Gasteiger partial charge in [0.1, 0.15) is 0 Å². The number of nitrogens with one attached hydrogen (secondary N) is 1. The van der Waals surface area contributed by atoms with Crippen LogP contribution in [0.2, 0.25) is 5.02 Å². The Hall–Kier alpha value is -0.520. The first-order valence-electron chi connectivity index (χ1n) is 7.92. The van der Waals surface area contributed by atoms with E-state index in [1.165, 1.54) is 0 Å². The smallest absolute Gasteiger partial charge is 0.220 e. The summed E-state index contributed by atoms with van der Waals surface area (Å²) in [6.45, 7) is 0.553. The van der Waals surface area contributed by atoms with Gasteiger partial charge in [-0.1, -0.05) is 36.2 Å². The van der Waals surface area contributed by atoms with Crippen molar-refractivity contribution in [2.45, 2.75) is 37.8 Å². The van der Waals surface area contributed by atoms with Gasteiger partial charge < -0.3 is 16.0 Å². The molecule has 1 unspecified atom stereocenters. The first-order valence-corrected chi connectivity index (χ1v) is 8.30. The molecule has 0 spiro atoms. The van der Waals surface area contributed by atoms with Crippen LogP contribution >= 0.6 is 36.4 Å². The molecule has 1 amide bonds. The van der Waals surface area contributed by atoms with Crippen LogP contribution in [-0.2, 0) is 4.79 Å². The van der Waals surface area contributed by atoms with Crippen molar-refractivity contribution >= 4 is 42.3 Å². The van der Waals surface area contributed by atoms with E-state index < -0.39 is 0 Å². The zero-order valence-electron chi connectivity index (χ0n) is 14.2. The van der Waals surface area contributed by atoms with E-state index in [0.717, 1.165) is 29.8 Å². The van der Waals surface area contributed by atoms with E-state index in [1.54, 1.807) is 0 Å². The van der Waals surface area contributed by atoms with Gasteiger partial charge in [-0.2, -0.15) is 0 Å². The quantitative estimate of drug-likeness (QED) is 0.774. The number of hydrogen-bond donors (Lipinski definition) is 2. The lowest BCUT2D eigenvalue weighted by atomic mass is 9.99. The number of nitrogens with two attached hydrogens (primary N) is 1. The molecule has 4 nitrogen and oxygen atoms in total. The molecule has 1 aromatic rings. The van der Waals surface area contributed by atoms with Gasteiger partial charge in [0.15, 0.2) is 0 Å². The van der Waals surface area contributed by atoms with Gasteiger partial charge in [0.25, 0.3) is 0 Å². The van der Waals surface area contributed by atoms with E-state index >= 15 is 0 Å². The van der Waals surface area contributed by atoms with Gasteiger partial charge >= 0.3 is 0 Å². The summed E-state index contributed by atoms with van der Waals surface area (Å²) in [5, 5.41) is 3.77. The van der Waals surface area contributed by atoms with Crippen molar-refractivity contribution in [2.24, 2.45) is 11.7 Å². The van der Waals surface area contributed by atoms with Crippen LogP contribution in [0.4, 0.5) is 0 Å². The Labute approximate surface area is 162 Å². The summed E-state index contributed by atoms with van der Waals surface area (Å²) in [4.78, 5) is 14.2. The van der Waals surface area contributed by atoms with Crippen molar-refractivity contribution < 1.29 is 4.79 Å². The van der Waals surface area contributed by atoms with Crippen molar-refractivity contribution in [2.75, 3.05) is 20.6 Å². The van der Waals surface area contributed by atoms with E-state index in [4.69, 9.17) is 17.3 Å². The molecular formula is C17H28Cl3N3O. The van der Waals surface area contributed by atoms with E-state index in [9.17, 15) is 4.79 Å². The number of rotatable bonds is 6. The first-order chi connectivity index (χ1) is 10.5. The Balaban J connectivity index is 0.00000264. The molecule has 138 valence electrons. The van der Waals surface area contributed by atoms with Gasteiger partial charge in [-0.05, 0) is 44.5 Å². The van der Waals surface area contributed by atoms with Gasteiger partial charge in [0.2, 0.25) is 5.91 Å². The van der Waals surface area contributed by atoms with Gasteiger partial charge in [-0.3, -0.25) is 4.79 Å². The molecule has 0 heterocycles. The fraction of sp³-hybridized carbons (Fsp3) is 0.588. The van der Waals surface area contributed by atoms with Crippen LogP contribution in [0.15, 0.2) is 24.3 Å². The number of carbonyl (C=O) groups is 1. The lowest BCUT2D eigenvalue weighted by molar-refractivity contribution is -0.122. The number of halogens is 3. The van der Waals surface area contributed by atoms with Crippen molar-refractivity contribution in [3.05, 3.63) is 34.9 Å². The van der Waals surface area contributed by atoms with Crippen LogP contribution in [0.25, 0.3) is 0 Å². The number of carbonyl (C=O) groups excluding carboxylic acids is 1. The molecule has 24 heavy (non-hydrogen) atoms. The van der Waals surface area contributed by atoms with Crippen molar-refractivity contribution in [3.8, 4) is 0 Å². The number of nitrogens with zero attached hydrogens (tertiary/aromatic N) is 1. The van der Waals surface area contributed by atoms with Crippen molar-refractivity contribution in [3.63, 3.8) is 0 Å². The Kier molecular flexibility index (Phi) is 10.9. The highest BCUT2D eigenvalue weighted by molar-refractivity contribution is 6.31. The molecule has 3 N–H and O–H groups in total. The van der Waals surface area contributed by atoms with Crippen LogP contribution in [-0.4, -0.2) is 37.5 Å². The molecule has 1 aliphatic rings. The standard InChI is InChI=1S/C17H26ClN3O.2ClH/c1-21(2)16(13-7-3-4-8-14(13)18)11-20-17(22)10-12-6-5-9-15(12)19;;/h3-4,7-8,12,15-16H,5-6,9-11,19H2,1-2H3,(H,20,22);2*1H/t12-,15+,16?;;/m0../s1. The van der Waals surface area contributed by atoms with Gasteiger partial charge in [0.05, 0.1) is 6.04 Å². The Morgan fingerprint density at radius 2 is 2.00 bits per heavy atom. The Bertz CT molecular complexity index is 514. The van der Waals surface area contributed by atoms with Gasteiger partial charge in [-0.25, -0.2) is 0 Å². The van der Waals surface area contributed by atoms with E-state index in [1.807, 2.05) is 38.4 Å². The molecule has 7 heteroatoms. The van der Waals surface area contributed by atoms with Crippen LogP contribution in [0, 0.1) is 5.92 Å². The summed E-state index contributed by atoms with van der Waals surface area (Å²) in [6.07, 6.45) is 3.77. The van der Waals surface area contributed by atoms with Crippen LogP contribution in [0.3, 0.4) is 0 Å². The maximum atomic E-state index is 12.2. The maximum absolute atomic E-state index is 12.2. The zero-order valence-corrected chi connectivity index (χ0v) is 16.6. The summed E-state index contributed by atoms with van der Waals surface area (Å²) >= 11 is 6.28. The monoisotopic (exact) mass is 395 g/mol. The predicted octanol–water partition coefficient (Wildman–Crippen LogP) is 3.42. The summed E-state index contributed by atoms with van der Waals surface area (Å²) in [5.74, 6) is 0.416. The third-order valence-electron chi connectivity index (χ3n) is 4.55. The molecule has 1 aromatic carbocycles. The summed E-state index contributed by atoms with van der Waals surface area (Å²) in [5.41, 5.74) is 7.07. The number of hydrogen-bond acceptors (Lipinski definition) is 3. The van der Waals surface area contributed by atoms with E-state index in [2.05, 4.69) is 10.2 Å². The van der Waals surface area contributed by atoms with Gasteiger partial charge in [0, 0.05) is 24.0 Å². The average molecular weight is 397 g/mol. The fourth-order valence-corrected chi connectivity index (χ4v) is 3.42. The molecule has 0 aromatic heterocycles. The van der Waals surface area contributed by atoms with Crippen LogP contribution in [0.1, 0.15) is 37.3 Å². The predicted molar refractivity (Wildman–Crippen MR) is 105 cm³/mol. The molecule has 0 radical (unpaired) electrons. The van der Waals surface area contributed by atoms with Crippen molar-refractivity contribution in [1.29, 1.82) is 0 Å².